The van der Waals surface area contributed by atoms with E-state index in [2.05, 4.69) is 10.4 Å². The largest absolute Gasteiger partial charge is 0.394 e. The van der Waals surface area contributed by atoms with Gasteiger partial charge in [-0.3, -0.25) is 4.68 Å². The maximum atomic E-state index is 9.48. The fourth-order valence-corrected chi connectivity index (χ4v) is 1.99. The maximum Gasteiger partial charge on any atom is 0.0638 e. The second kappa shape index (κ2) is 3.71. The summed E-state index contributed by atoms with van der Waals surface area (Å²) in [6, 6.07) is 1.91. The van der Waals surface area contributed by atoms with Crippen LogP contribution in [0.25, 0.3) is 0 Å². The molecule has 4 nitrogen and oxygen atoms in total. The molecule has 1 fully saturated rings. The Bertz CT molecular complexity index is 276. The van der Waals surface area contributed by atoms with Gasteiger partial charge in [0.05, 0.1) is 18.7 Å². The molecule has 78 valence electrons. The molecule has 1 atom stereocenters. The Morgan fingerprint density at radius 1 is 1.64 bits per heavy atom. The van der Waals surface area contributed by atoms with Gasteiger partial charge in [0.15, 0.2) is 0 Å². The molecule has 1 saturated carbocycles. The zero-order chi connectivity index (χ0) is 10.0. The first kappa shape index (κ1) is 9.68. The fraction of sp³-hybridized carbons (Fsp3) is 0.700. The van der Waals surface area contributed by atoms with Crippen LogP contribution in [0.1, 0.15) is 12.8 Å². The van der Waals surface area contributed by atoms with Crippen molar-refractivity contribution in [1.29, 1.82) is 0 Å². The standard InChI is InChI=1S/C10H17N3O/c1-11-10(8-14,9-3-4-9)7-13-6-2-5-12-13/h2,5-6,9,11,14H,3-4,7-8H2,1H3. The topological polar surface area (TPSA) is 50.1 Å². The lowest BCUT2D eigenvalue weighted by molar-refractivity contribution is 0.126. The molecule has 1 unspecified atom stereocenters. The first-order valence-corrected chi connectivity index (χ1v) is 5.08. The summed E-state index contributed by atoms with van der Waals surface area (Å²) in [4.78, 5) is 0. The quantitative estimate of drug-likeness (QED) is 0.708. The Kier molecular flexibility index (Phi) is 2.56. The second-order valence-corrected chi connectivity index (χ2v) is 4.04. The van der Waals surface area contributed by atoms with Gasteiger partial charge < -0.3 is 10.4 Å². The monoisotopic (exact) mass is 195 g/mol. The number of hydrogen-bond donors (Lipinski definition) is 2. The van der Waals surface area contributed by atoms with E-state index in [0.717, 1.165) is 6.54 Å². The molecular formula is C10H17N3O. The average molecular weight is 195 g/mol. The van der Waals surface area contributed by atoms with E-state index in [4.69, 9.17) is 0 Å². The van der Waals surface area contributed by atoms with Crippen LogP contribution in [0.2, 0.25) is 0 Å². The summed E-state index contributed by atoms with van der Waals surface area (Å²) in [6.45, 7) is 0.922. The lowest BCUT2D eigenvalue weighted by Gasteiger charge is -2.31. The molecule has 1 aromatic heterocycles. The van der Waals surface area contributed by atoms with E-state index in [0.29, 0.717) is 5.92 Å². The van der Waals surface area contributed by atoms with Crippen molar-refractivity contribution >= 4 is 0 Å². The van der Waals surface area contributed by atoms with E-state index in [9.17, 15) is 5.11 Å². The highest BCUT2D eigenvalue weighted by Crippen LogP contribution is 2.40. The molecule has 14 heavy (non-hydrogen) atoms. The number of aromatic nitrogens is 2. The molecule has 4 heteroatoms. The van der Waals surface area contributed by atoms with Crippen molar-refractivity contribution in [1.82, 2.24) is 15.1 Å². The zero-order valence-electron chi connectivity index (χ0n) is 8.48. The predicted octanol–water partition coefficient (Wildman–Crippen LogP) is 0.244. The molecule has 1 heterocycles. The number of rotatable bonds is 5. The van der Waals surface area contributed by atoms with Crippen LogP contribution < -0.4 is 5.32 Å². The van der Waals surface area contributed by atoms with Gasteiger partial charge >= 0.3 is 0 Å². The van der Waals surface area contributed by atoms with Crippen molar-refractivity contribution in [3.63, 3.8) is 0 Å². The molecule has 0 amide bonds. The minimum absolute atomic E-state index is 0.175. The van der Waals surface area contributed by atoms with Gasteiger partial charge in [-0.1, -0.05) is 0 Å². The van der Waals surface area contributed by atoms with Crippen molar-refractivity contribution < 1.29 is 5.11 Å². The molecule has 1 aliphatic rings. The summed E-state index contributed by atoms with van der Waals surface area (Å²) < 4.78 is 1.88. The Balaban J connectivity index is 2.10. The fourth-order valence-electron chi connectivity index (χ4n) is 1.99. The summed E-state index contributed by atoms with van der Waals surface area (Å²) in [5.41, 5.74) is -0.175. The van der Waals surface area contributed by atoms with E-state index in [1.54, 1.807) is 6.20 Å². The molecule has 0 spiro atoms. The van der Waals surface area contributed by atoms with Gasteiger partial charge in [-0.05, 0) is 31.9 Å². The average Bonchev–Trinajstić information content (AvgIpc) is 2.95. The molecule has 2 rings (SSSR count). The van der Waals surface area contributed by atoms with Crippen LogP contribution in [0, 0.1) is 5.92 Å². The van der Waals surface area contributed by atoms with Crippen LogP contribution in [0.3, 0.4) is 0 Å². The third-order valence-corrected chi connectivity index (χ3v) is 3.14. The number of aliphatic hydroxyl groups excluding tert-OH is 1. The number of nitrogens with zero attached hydrogens (tertiary/aromatic N) is 2. The SMILES string of the molecule is CNC(CO)(Cn1cccn1)C1CC1. The highest BCUT2D eigenvalue weighted by atomic mass is 16.3. The Hall–Kier alpha value is -0.870. The lowest BCUT2D eigenvalue weighted by Crippen LogP contribution is -2.52. The van der Waals surface area contributed by atoms with Crippen LogP contribution >= 0.6 is 0 Å². The van der Waals surface area contributed by atoms with Gasteiger partial charge in [-0.2, -0.15) is 5.10 Å². The molecule has 2 N–H and O–H groups in total. The van der Waals surface area contributed by atoms with E-state index >= 15 is 0 Å². The van der Waals surface area contributed by atoms with Gasteiger partial charge in [0.1, 0.15) is 0 Å². The third-order valence-electron chi connectivity index (χ3n) is 3.14. The van der Waals surface area contributed by atoms with Crippen molar-refractivity contribution in [3.8, 4) is 0 Å². The second-order valence-electron chi connectivity index (χ2n) is 4.04. The molecule has 0 bridgehead atoms. The van der Waals surface area contributed by atoms with E-state index in [-0.39, 0.29) is 12.1 Å². The highest BCUT2D eigenvalue weighted by molar-refractivity contribution is 5.00. The third kappa shape index (κ3) is 1.67. The summed E-state index contributed by atoms with van der Waals surface area (Å²) in [5.74, 6) is 0.599. The number of likely N-dealkylation sites (N-methyl/N-ethyl adjacent to an activating group) is 1. The zero-order valence-corrected chi connectivity index (χ0v) is 8.48. The highest BCUT2D eigenvalue weighted by Gasteiger charge is 2.44. The van der Waals surface area contributed by atoms with Crippen LogP contribution in [0.15, 0.2) is 18.5 Å². The molecule has 0 saturated heterocycles. The summed E-state index contributed by atoms with van der Waals surface area (Å²) >= 11 is 0. The lowest BCUT2D eigenvalue weighted by atomic mass is 9.94. The minimum Gasteiger partial charge on any atom is -0.394 e. The smallest absolute Gasteiger partial charge is 0.0638 e. The van der Waals surface area contributed by atoms with E-state index in [1.165, 1.54) is 12.8 Å². The normalized spacial score (nSPS) is 20.7. The molecule has 1 aliphatic carbocycles. The van der Waals surface area contributed by atoms with Gasteiger partial charge in [-0.25, -0.2) is 0 Å². The first-order chi connectivity index (χ1) is 6.80. The van der Waals surface area contributed by atoms with Crippen molar-refractivity contribution in [2.45, 2.75) is 24.9 Å². The van der Waals surface area contributed by atoms with Crippen molar-refractivity contribution in [2.24, 2.45) is 5.92 Å². The number of nitrogens with one attached hydrogen (secondary N) is 1. The first-order valence-electron chi connectivity index (χ1n) is 5.08. The maximum absolute atomic E-state index is 9.48. The van der Waals surface area contributed by atoms with Crippen molar-refractivity contribution in [3.05, 3.63) is 18.5 Å². The molecule has 0 radical (unpaired) electrons. The van der Waals surface area contributed by atoms with Crippen LogP contribution in [0.4, 0.5) is 0 Å². The Labute approximate surface area is 83.9 Å². The van der Waals surface area contributed by atoms with Gasteiger partial charge in [0.2, 0.25) is 0 Å². The summed E-state index contributed by atoms with van der Waals surface area (Å²) in [7, 11) is 1.91. The number of hydrogen-bond acceptors (Lipinski definition) is 3. The Morgan fingerprint density at radius 2 is 2.43 bits per heavy atom. The summed E-state index contributed by atoms with van der Waals surface area (Å²) in [6.07, 6.45) is 6.13. The van der Waals surface area contributed by atoms with Crippen LogP contribution in [0.5, 0.6) is 0 Å². The van der Waals surface area contributed by atoms with E-state index in [1.807, 2.05) is 24.0 Å². The predicted molar refractivity (Wildman–Crippen MR) is 53.8 cm³/mol. The van der Waals surface area contributed by atoms with Gasteiger partial charge in [0.25, 0.3) is 0 Å². The van der Waals surface area contributed by atoms with Crippen LogP contribution in [-0.2, 0) is 6.54 Å². The molecular weight excluding hydrogens is 178 g/mol. The Morgan fingerprint density at radius 3 is 2.86 bits per heavy atom. The number of aliphatic hydroxyl groups is 1. The molecule has 0 aliphatic heterocycles. The van der Waals surface area contributed by atoms with E-state index < -0.39 is 0 Å². The van der Waals surface area contributed by atoms with Gasteiger partial charge in [-0.15, -0.1) is 0 Å². The minimum atomic E-state index is -0.175. The summed E-state index contributed by atoms with van der Waals surface area (Å²) in [5, 5.41) is 16.9. The molecule has 1 aromatic rings. The van der Waals surface area contributed by atoms with Gasteiger partial charge in [0, 0.05) is 12.4 Å². The van der Waals surface area contributed by atoms with Crippen molar-refractivity contribution in [2.75, 3.05) is 13.7 Å². The molecule has 0 aromatic carbocycles. The van der Waals surface area contributed by atoms with Crippen LogP contribution in [-0.4, -0.2) is 34.1 Å².